The van der Waals surface area contributed by atoms with E-state index in [2.05, 4.69) is 12.0 Å². The molecule has 1 aliphatic rings. The standard InChI is InChI=1S/C18H21F3N4O.ClH/c1-12-5-7-24(15(9-12)11-22)17(26)16-6-8-25(23-16)14-4-2-3-13(10-14)18(19,20)21;/h2-4,6,8,10,12,15H,5,7,9,11,22H2,1H3;1H. The van der Waals surface area contributed by atoms with Gasteiger partial charge in [-0.25, -0.2) is 4.68 Å². The first kappa shape index (κ1) is 21.2. The summed E-state index contributed by atoms with van der Waals surface area (Å²) >= 11 is 0. The Morgan fingerprint density at radius 1 is 1.33 bits per heavy atom. The van der Waals surface area contributed by atoms with E-state index in [0.29, 0.717) is 19.0 Å². The molecule has 27 heavy (non-hydrogen) atoms. The van der Waals surface area contributed by atoms with Crippen LogP contribution in [0.4, 0.5) is 13.2 Å². The molecular weight excluding hydrogens is 381 g/mol. The molecule has 9 heteroatoms. The summed E-state index contributed by atoms with van der Waals surface area (Å²) in [5.74, 6) is 0.272. The topological polar surface area (TPSA) is 64.2 Å². The lowest BCUT2D eigenvalue weighted by Crippen LogP contribution is -2.49. The molecule has 148 valence electrons. The highest BCUT2D eigenvalue weighted by atomic mass is 35.5. The Morgan fingerprint density at radius 3 is 2.74 bits per heavy atom. The van der Waals surface area contributed by atoms with Gasteiger partial charge in [0, 0.05) is 25.3 Å². The second-order valence-electron chi connectivity index (χ2n) is 6.71. The van der Waals surface area contributed by atoms with Gasteiger partial charge in [-0.15, -0.1) is 12.4 Å². The van der Waals surface area contributed by atoms with Gasteiger partial charge < -0.3 is 10.6 Å². The van der Waals surface area contributed by atoms with Crippen molar-refractivity contribution in [3.05, 3.63) is 47.8 Å². The highest BCUT2D eigenvalue weighted by Gasteiger charge is 2.32. The number of carbonyl (C=O) groups excluding carboxylic acids is 1. The van der Waals surface area contributed by atoms with Crippen LogP contribution in [0.2, 0.25) is 0 Å². The van der Waals surface area contributed by atoms with Crippen LogP contribution in [0.3, 0.4) is 0 Å². The minimum absolute atomic E-state index is 0. The number of hydrogen-bond acceptors (Lipinski definition) is 3. The molecule has 1 saturated heterocycles. The number of amides is 1. The quantitative estimate of drug-likeness (QED) is 0.854. The fourth-order valence-corrected chi connectivity index (χ4v) is 3.30. The molecule has 2 aromatic rings. The predicted molar refractivity (Wildman–Crippen MR) is 98.1 cm³/mol. The van der Waals surface area contributed by atoms with Crippen LogP contribution < -0.4 is 5.73 Å². The molecular formula is C18H22ClF3N4O. The van der Waals surface area contributed by atoms with Crippen LogP contribution >= 0.6 is 12.4 Å². The summed E-state index contributed by atoms with van der Waals surface area (Å²) in [7, 11) is 0. The molecule has 1 fully saturated rings. The number of alkyl halides is 3. The summed E-state index contributed by atoms with van der Waals surface area (Å²) in [6.45, 7) is 3.12. The van der Waals surface area contributed by atoms with Crippen LogP contribution in [0, 0.1) is 5.92 Å². The molecule has 0 spiro atoms. The fraction of sp³-hybridized carbons (Fsp3) is 0.444. The number of carbonyl (C=O) groups is 1. The number of benzene rings is 1. The molecule has 5 nitrogen and oxygen atoms in total. The van der Waals surface area contributed by atoms with Gasteiger partial charge in [0.05, 0.1) is 11.3 Å². The lowest BCUT2D eigenvalue weighted by molar-refractivity contribution is -0.137. The average Bonchev–Trinajstić information content (AvgIpc) is 3.10. The molecule has 2 unspecified atom stereocenters. The highest BCUT2D eigenvalue weighted by molar-refractivity contribution is 5.92. The van der Waals surface area contributed by atoms with Crippen LogP contribution in [-0.4, -0.2) is 39.7 Å². The van der Waals surface area contributed by atoms with Gasteiger partial charge in [0.2, 0.25) is 0 Å². The van der Waals surface area contributed by atoms with Crippen LogP contribution in [0.25, 0.3) is 5.69 Å². The average molecular weight is 403 g/mol. The maximum atomic E-state index is 12.9. The van der Waals surface area contributed by atoms with Crippen molar-refractivity contribution in [2.75, 3.05) is 13.1 Å². The van der Waals surface area contributed by atoms with Crippen molar-refractivity contribution < 1.29 is 18.0 Å². The number of nitrogens with zero attached hydrogens (tertiary/aromatic N) is 3. The van der Waals surface area contributed by atoms with E-state index in [-0.39, 0.29) is 35.7 Å². The van der Waals surface area contributed by atoms with E-state index in [0.717, 1.165) is 25.0 Å². The van der Waals surface area contributed by atoms with E-state index >= 15 is 0 Å². The van der Waals surface area contributed by atoms with Crippen LogP contribution in [0.1, 0.15) is 35.8 Å². The maximum absolute atomic E-state index is 12.9. The number of nitrogens with two attached hydrogens (primary N) is 1. The van der Waals surface area contributed by atoms with Gasteiger partial charge in [0.15, 0.2) is 5.69 Å². The third-order valence-corrected chi connectivity index (χ3v) is 4.76. The molecule has 0 bridgehead atoms. The minimum atomic E-state index is -4.43. The maximum Gasteiger partial charge on any atom is 0.416 e. The molecule has 0 saturated carbocycles. The Hall–Kier alpha value is -2.06. The third-order valence-electron chi connectivity index (χ3n) is 4.76. The van der Waals surface area contributed by atoms with Gasteiger partial charge in [-0.3, -0.25) is 4.79 Å². The van der Waals surface area contributed by atoms with Crippen molar-refractivity contribution in [1.29, 1.82) is 0 Å². The number of hydrogen-bond donors (Lipinski definition) is 1. The molecule has 3 rings (SSSR count). The van der Waals surface area contributed by atoms with Crippen molar-refractivity contribution in [3.63, 3.8) is 0 Å². The Morgan fingerprint density at radius 2 is 2.07 bits per heavy atom. The van der Waals surface area contributed by atoms with Crippen molar-refractivity contribution in [1.82, 2.24) is 14.7 Å². The monoisotopic (exact) mass is 402 g/mol. The zero-order chi connectivity index (χ0) is 18.9. The summed E-state index contributed by atoms with van der Waals surface area (Å²) < 4.78 is 39.9. The van der Waals surface area contributed by atoms with E-state index in [9.17, 15) is 18.0 Å². The van der Waals surface area contributed by atoms with E-state index in [1.807, 2.05) is 0 Å². The molecule has 1 amide bonds. The van der Waals surface area contributed by atoms with Crippen molar-refractivity contribution in [2.24, 2.45) is 11.7 Å². The van der Waals surface area contributed by atoms with Gasteiger partial charge in [0.1, 0.15) is 0 Å². The smallest absolute Gasteiger partial charge is 0.333 e. The van der Waals surface area contributed by atoms with Crippen LogP contribution in [-0.2, 0) is 6.18 Å². The van der Waals surface area contributed by atoms with E-state index < -0.39 is 11.7 Å². The lowest BCUT2D eigenvalue weighted by Gasteiger charge is -2.37. The SMILES string of the molecule is CC1CCN(C(=O)c2ccn(-c3cccc(C(F)(F)F)c3)n2)C(CN)C1.Cl. The zero-order valence-electron chi connectivity index (χ0n) is 14.8. The highest BCUT2D eigenvalue weighted by Crippen LogP contribution is 2.30. The molecule has 1 aromatic carbocycles. The molecule has 2 heterocycles. The van der Waals surface area contributed by atoms with Gasteiger partial charge in [0.25, 0.3) is 5.91 Å². The molecule has 2 atom stereocenters. The summed E-state index contributed by atoms with van der Waals surface area (Å²) in [5.41, 5.74) is 5.50. The summed E-state index contributed by atoms with van der Waals surface area (Å²) in [4.78, 5) is 14.5. The summed E-state index contributed by atoms with van der Waals surface area (Å²) in [6.07, 6.45) is -1.19. The first-order valence-electron chi connectivity index (χ1n) is 8.54. The van der Waals surface area contributed by atoms with Gasteiger partial charge in [-0.2, -0.15) is 18.3 Å². The molecule has 2 N–H and O–H groups in total. The van der Waals surface area contributed by atoms with Gasteiger partial charge in [-0.1, -0.05) is 13.0 Å². The van der Waals surface area contributed by atoms with E-state index in [1.165, 1.54) is 29.1 Å². The van der Waals surface area contributed by atoms with Crippen molar-refractivity contribution in [2.45, 2.75) is 32.0 Å². The third kappa shape index (κ3) is 4.62. The van der Waals surface area contributed by atoms with Crippen LogP contribution in [0.5, 0.6) is 0 Å². The summed E-state index contributed by atoms with van der Waals surface area (Å²) in [6, 6.07) is 6.32. The Labute approximate surface area is 161 Å². The number of likely N-dealkylation sites (tertiary alicyclic amines) is 1. The van der Waals surface area contributed by atoms with Gasteiger partial charge >= 0.3 is 6.18 Å². The van der Waals surface area contributed by atoms with Crippen molar-refractivity contribution in [3.8, 4) is 5.69 Å². The Kier molecular flexibility index (Phi) is 6.54. The number of piperidine rings is 1. The largest absolute Gasteiger partial charge is 0.416 e. The van der Waals surface area contributed by atoms with Gasteiger partial charge in [-0.05, 0) is 43.0 Å². The van der Waals surface area contributed by atoms with E-state index in [1.54, 1.807) is 4.90 Å². The van der Waals surface area contributed by atoms with Crippen molar-refractivity contribution >= 4 is 18.3 Å². The molecule has 1 aromatic heterocycles. The number of halogens is 4. The first-order valence-corrected chi connectivity index (χ1v) is 8.54. The Balaban J connectivity index is 0.00000261. The minimum Gasteiger partial charge on any atom is -0.333 e. The predicted octanol–water partition coefficient (Wildman–Crippen LogP) is 3.51. The lowest BCUT2D eigenvalue weighted by atomic mass is 9.92. The summed E-state index contributed by atoms with van der Waals surface area (Å²) in [5, 5.41) is 4.18. The second kappa shape index (κ2) is 8.31. The zero-order valence-corrected chi connectivity index (χ0v) is 15.6. The normalized spacial score (nSPS) is 20.3. The fourth-order valence-electron chi connectivity index (χ4n) is 3.30. The second-order valence-corrected chi connectivity index (χ2v) is 6.71. The molecule has 0 aliphatic carbocycles. The Bertz CT molecular complexity index is 793. The van der Waals surface area contributed by atoms with Crippen LogP contribution in [0.15, 0.2) is 36.5 Å². The molecule has 0 radical (unpaired) electrons. The number of aromatic nitrogens is 2. The first-order chi connectivity index (χ1) is 12.3. The van der Waals surface area contributed by atoms with E-state index in [4.69, 9.17) is 5.73 Å². The number of rotatable bonds is 3. The molecule has 1 aliphatic heterocycles.